The zero-order chi connectivity index (χ0) is 21.5. The van der Waals surface area contributed by atoms with Gasteiger partial charge in [0.05, 0.1) is 12.3 Å². The van der Waals surface area contributed by atoms with Crippen molar-refractivity contribution in [3.8, 4) is 11.5 Å². The largest absolute Gasteiger partial charge is 0.457 e. The van der Waals surface area contributed by atoms with Gasteiger partial charge in [0.1, 0.15) is 17.3 Å². The lowest BCUT2D eigenvalue weighted by Crippen LogP contribution is -2.14. The van der Waals surface area contributed by atoms with Crippen LogP contribution in [0.4, 0.5) is 5.69 Å². The first-order valence-electron chi connectivity index (χ1n) is 9.87. The Bertz CT molecular complexity index is 1130. The van der Waals surface area contributed by atoms with Crippen molar-refractivity contribution in [1.29, 1.82) is 0 Å². The molecule has 0 aliphatic rings. The lowest BCUT2D eigenvalue weighted by molar-refractivity contribution is -0.113. The van der Waals surface area contributed by atoms with E-state index in [2.05, 4.69) is 27.6 Å². The summed E-state index contributed by atoms with van der Waals surface area (Å²) in [7, 11) is 0. The van der Waals surface area contributed by atoms with Gasteiger partial charge in [-0.25, -0.2) is 0 Å². The zero-order valence-electron chi connectivity index (χ0n) is 17.1. The molecule has 0 bridgehead atoms. The Hall–Kier alpha value is -3.58. The number of benzene rings is 3. The van der Waals surface area contributed by atoms with Gasteiger partial charge in [0.15, 0.2) is 5.16 Å². The van der Waals surface area contributed by atoms with Gasteiger partial charge in [-0.2, -0.15) is 0 Å². The molecule has 0 saturated heterocycles. The van der Waals surface area contributed by atoms with Gasteiger partial charge >= 0.3 is 0 Å². The van der Waals surface area contributed by atoms with Crippen molar-refractivity contribution in [2.24, 2.45) is 0 Å². The number of amides is 1. The van der Waals surface area contributed by atoms with Gasteiger partial charge < -0.3 is 14.6 Å². The molecule has 6 nitrogen and oxygen atoms in total. The fourth-order valence-electron chi connectivity index (χ4n) is 2.97. The van der Waals surface area contributed by atoms with Crippen LogP contribution in [-0.4, -0.2) is 26.4 Å². The summed E-state index contributed by atoms with van der Waals surface area (Å²) >= 11 is 1.37. The lowest BCUT2D eigenvalue weighted by Gasteiger charge is -2.09. The van der Waals surface area contributed by atoms with E-state index < -0.39 is 0 Å². The lowest BCUT2D eigenvalue weighted by atomic mass is 10.2. The van der Waals surface area contributed by atoms with Gasteiger partial charge in [0.25, 0.3) is 0 Å². The van der Waals surface area contributed by atoms with Crippen LogP contribution in [0.1, 0.15) is 11.4 Å². The van der Waals surface area contributed by atoms with Crippen LogP contribution in [0.3, 0.4) is 0 Å². The van der Waals surface area contributed by atoms with Crippen LogP contribution in [0.5, 0.6) is 11.5 Å². The van der Waals surface area contributed by atoms with Crippen LogP contribution in [0, 0.1) is 6.92 Å². The highest BCUT2D eigenvalue weighted by atomic mass is 32.2. The fourth-order valence-corrected chi connectivity index (χ4v) is 3.76. The number of hydrogen-bond donors (Lipinski definition) is 1. The molecule has 7 heteroatoms. The molecule has 0 atom stereocenters. The normalized spacial score (nSPS) is 10.6. The third kappa shape index (κ3) is 5.73. The first kappa shape index (κ1) is 20.7. The molecule has 1 aromatic heterocycles. The molecule has 1 heterocycles. The number of thioether (sulfide) groups is 1. The van der Waals surface area contributed by atoms with Gasteiger partial charge in [0.2, 0.25) is 5.91 Å². The van der Waals surface area contributed by atoms with Gasteiger partial charge in [-0.3, -0.25) is 4.79 Å². The Morgan fingerprint density at radius 3 is 2.26 bits per heavy atom. The Morgan fingerprint density at radius 2 is 1.55 bits per heavy atom. The van der Waals surface area contributed by atoms with E-state index in [1.165, 1.54) is 11.8 Å². The van der Waals surface area contributed by atoms with Gasteiger partial charge in [-0.1, -0.05) is 60.3 Å². The molecule has 0 radical (unpaired) electrons. The first-order chi connectivity index (χ1) is 15.2. The second-order valence-corrected chi connectivity index (χ2v) is 7.82. The number of aromatic nitrogens is 3. The number of para-hydroxylation sites is 1. The van der Waals surface area contributed by atoms with Crippen molar-refractivity contribution in [3.05, 3.63) is 96.3 Å². The number of ether oxygens (including phenoxy) is 1. The van der Waals surface area contributed by atoms with E-state index in [0.29, 0.717) is 18.0 Å². The number of anilines is 1. The van der Waals surface area contributed by atoms with E-state index in [9.17, 15) is 4.79 Å². The Kier molecular flexibility index (Phi) is 6.64. The highest BCUT2D eigenvalue weighted by Crippen LogP contribution is 2.23. The second kappa shape index (κ2) is 9.95. The smallest absolute Gasteiger partial charge is 0.234 e. The maximum absolute atomic E-state index is 12.4. The van der Waals surface area contributed by atoms with Crippen LogP contribution >= 0.6 is 11.8 Å². The standard InChI is InChI=1S/C24H22N4O2S/c1-18-26-27-24(28(18)16-19-8-4-2-5-9-19)31-17-23(29)25-20-12-14-22(15-13-20)30-21-10-6-3-7-11-21/h2-15H,16-17H2,1H3,(H,25,29). The van der Waals surface area contributed by atoms with Crippen LogP contribution in [0.2, 0.25) is 0 Å². The number of nitrogens with zero attached hydrogens (tertiary/aromatic N) is 3. The second-order valence-electron chi connectivity index (χ2n) is 6.88. The molecule has 1 amide bonds. The zero-order valence-corrected chi connectivity index (χ0v) is 17.9. The monoisotopic (exact) mass is 430 g/mol. The summed E-state index contributed by atoms with van der Waals surface area (Å²) in [6.07, 6.45) is 0. The van der Waals surface area contributed by atoms with Crippen molar-refractivity contribution in [2.75, 3.05) is 11.1 Å². The van der Waals surface area contributed by atoms with E-state index in [4.69, 9.17) is 4.74 Å². The number of nitrogens with one attached hydrogen (secondary N) is 1. The quantitative estimate of drug-likeness (QED) is 0.391. The molecule has 0 saturated carbocycles. The van der Waals surface area contributed by atoms with Crippen molar-refractivity contribution in [2.45, 2.75) is 18.6 Å². The van der Waals surface area contributed by atoms with Crippen molar-refractivity contribution < 1.29 is 9.53 Å². The van der Waals surface area contributed by atoms with Crippen molar-refractivity contribution in [1.82, 2.24) is 14.8 Å². The molecular weight excluding hydrogens is 408 g/mol. The van der Waals surface area contributed by atoms with Crippen molar-refractivity contribution >= 4 is 23.4 Å². The summed E-state index contributed by atoms with van der Waals surface area (Å²) in [5.41, 5.74) is 1.88. The number of rotatable bonds is 8. The van der Waals surface area contributed by atoms with E-state index in [-0.39, 0.29) is 11.7 Å². The molecule has 3 aromatic carbocycles. The summed E-state index contributed by atoms with van der Waals surface area (Å²) in [6.45, 7) is 2.59. The topological polar surface area (TPSA) is 69.0 Å². The fraction of sp³-hybridized carbons (Fsp3) is 0.125. The summed E-state index contributed by atoms with van der Waals surface area (Å²) in [5.74, 6) is 2.44. The van der Waals surface area contributed by atoms with Crippen LogP contribution in [-0.2, 0) is 11.3 Å². The molecular formula is C24H22N4O2S. The Morgan fingerprint density at radius 1 is 0.903 bits per heavy atom. The minimum atomic E-state index is -0.103. The maximum atomic E-state index is 12.4. The number of carbonyl (C=O) groups is 1. The summed E-state index contributed by atoms with van der Waals surface area (Å²) < 4.78 is 7.79. The van der Waals surface area contributed by atoms with E-state index in [0.717, 1.165) is 22.3 Å². The van der Waals surface area contributed by atoms with Crippen LogP contribution in [0.15, 0.2) is 90.1 Å². The SMILES string of the molecule is Cc1nnc(SCC(=O)Nc2ccc(Oc3ccccc3)cc2)n1Cc1ccccc1. The third-order valence-corrected chi connectivity index (χ3v) is 5.50. The average molecular weight is 431 g/mol. The summed E-state index contributed by atoms with van der Waals surface area (Å²) in [5, 5.41) is 12.0. The minimum absolute atomic E-state index is 0.103. The average Bonchev–Trinajstić information content (AvgIpc) is 3.14. The van der Waals surface area contributed by atoms with E-state index in [1.807, 2.05) is 84.3 Å². The summed E-state index contributed by atoms with van der Waals surface area (Å²) in [4.78, 5) is 12.4. The molecule has 0 unspecified atom stereocenters. The Labute approximate surface area is 185 Å². The summed E-state index contributed by atoms with van der Waals surface area (Å²) in [6, 6.07) is 27.0. The third-order valence-electron chi connectivity index (χ3n) is 4.53. The molecule has 0 fully saturated rings. The molecule has 4 aromatic rings. The molecule has 31 heavy (non-hydrogen) atoms. The van der Waals surface area contributed by atoms with Gasteiger partial charge in [-0.05, 0) is 48.9 Å². The number of carbonyl (C=O) groups excluding carboxylic acids is 1. The molecule has 0 aliphatic heterocycles. The maximum Gasteiger partial charge on any atom is 0.234 e. The molecule has 1 N–H and O–H groups in total. The molecule has 0 spiro atoms. The highest BCUT2D eigenvalue weighted by Gasteiger charge is 2.12. The number of aryl methyl sites for hydroxylation is 1. The predicted octanol–water partition coefficient (Wildman–Crippen LogP) is 5.16. The first-order valence-corrected chi connectivity index (χ1v) is 10.9. The highest BCUT2D eigenvalue weighted by molar-refractivity contribution is 7.99. The van der Waals surface area contributed by atoms with Crippen LogP contribution in [0.25, 0.3) is 0 Å². The van der Waals surface area contributed by atoms with E-state index >= 15 is 0 Å². The van der Waals surface area contributed by atoms with Gasteiger partial charge in [-0.15, -0.1) is 10.2 Å². The Balaban J connectivity index is 1.32. The molecule has 156 valence electrons. The molecule has 0 aliphatic carbocycles. The van der Waals surface area contributed by atoms with E-state index in [1.54, 1.807) is 0 Å². The number of hydrogen-bond acceptors (Lipinski definition) is 5. The van der Waals surface area contributed by atoms with Crippen molar-refractivity contribution in [3.63, 3.8) is 0 Å². The predicted molar refractivity (Wildman–Crippen MR) is 123 cm³/mol. The van der Waals surface area contributed by atoms with Gasteiger partial charge in [0, 0.05) is 5.69 Å². The molecule has 4 rings (SSSR count). The minimum Gasteiger partial charge on any atom is -0.457 e. The van der Waals surface area contributed by atoms with Crippen LogP contribution < -0.4 is 10.1 Å².